The molecule has 0 unspecified atom stereocenters. The Labute approximate surface area is 334 Å². The van der Waals surface area contributed by atoms with Crippen LogP contribution in [0.3, 0.4) is 0 Å². The van der Waals surface area contributed by atoms with E-state index >= 15 is 0 Å². The normalized spacial score (nSPS) is 24.3. The van der Waals surface area contributed by atoms with E-state index in [0.717, 1.165) is 35.1 Å². The average molecular weight is 801 g/mol. The Morgan fingerprint density at radius 1 is 0.421 bits per heavy atom. The third-order valence-electron chi connectivity index (χ3n) is 12.0. The molecule has 316 valence electrons. The van der Waals surface area contributed by atoms with Crippen molar-refractivity contribution in [3.63, 3.8) is 0 Å². The van der Waals surface area contributed by atoms with Crippen molar-refractivity contribution in [3.8, 4) is 23.0 Å². The van der Waals surface area contributed by atoms with Gasteiger partial charge < -0.3 is 79.8 Å². The van der Waals surface area contributed by atoms with E-state index in [-0.39, 0.29) is 38.0 Å². The number of fused-ring (bicyclic) bond motifs is 4. The molecular formula is C41H60N4O12. The molecule has 8 rings (SSSR count). The van der Waals surface area contributed by atoms with Crippen molar-refractivity contribution in [1.82, 2.24) is 0 Å². The molecule has 6 aliphatic rings. The Kier molecular flexibility index (Phi) is 11.0. The maximum absolute atomic E-state index is 6.35. The zero-order chi connectivity index (χ0) is 40.2. The zero-order valence-corrected chi connectivity index (χ0v) is 33.7. The molecule has 4 heterocycles. The van der Waals surface area contributed by atoms with Gasteiger partial charge in [-0.15, -0.1) is 0 Å². The molecular weight excluding hydrogens is 740 g/mol. The van der Waals surface area contributed by atoms with Gasteiger partial charge in [0.05, 0.1) is 101 Å². The lowest BCUT2D eigenvalue weighted by molar-refractivity contribution is -0.113. The maximum Gasteiger partial charge on any atom is 0.189 e. The molecule has 4 saturated heterocycles. The first-order valence-electron chi connectivity index (χ1n) is 19.7. The highest BCUT2D eigenvalue weighted by Crippen LogP contribution is 2.65. The summed E-state index contributed by atoms with van der Waals surface area (Å²) in [6, 6.07) is 8.40. The van der Waals surface area contributed by atoms with Crippen molar-refractivity contribution in [3.05, 3.63) is 46.5 Å². The molecule has 2 aromatic rings. The molecule has 57 heavy (non-hydrogen) atoms. The van der Waals surface area contributed by atoms with Crippen LogP contribution in [0.2, 0.25) is 0 Å². The van der Waals surface area contributed by atoms with Crippen LogP contribution >= 0.6 is 0 Å². The van der Waals surface area contributed by atoms with Gasteiger partial charge in [-0.1, -0.05) is 27.7 Å². The molecule has 0 radical (unpaired) electrons. The Morgan fingerprint density at radius 3 is 0.895 bits per heavy atom. The van der Waals surface area contributed by atoms with Crippen LogP contribution in [0.5, 0.6) is 23.0 Å². The average Bonchev–Trinajstić information content (AvgIpc) is 3.47. The van der Waals surface area contributed by atoms with E-state index in [2.05, 4.69) is 52.0 Å². The van der Waals surface area contributed by atoms with Gasteiger partial charge >= 0.3 is 0 Å². The predicted molar refractivity (Wildman–Crippen MR) is 206 cm³/mol. The lowest BCUT2D eigenvalue weighted by Gasteiger charge is -2.37. The number of hydrogen-bond acceptors (Lipinski definition) is 16. The van der Waals surface area contributed by atoms with Crippen molar-refractivity contribution in [2.45, 2.75) is 78.9 Å². The molecule has 0 bridgehead atoms. The van der Waals surface area contributed by atoms with Crippen LogP contribution < -0.4 is 41.9 Å². The summed E-state index contributed by atoms with van der Waals surface area (Å²) < 4.78 is 70.0. The van der Waals surface area contributed by atoms with Crippen LogP contribution in [-0.2, 0) is 54.1 Å². The highest BCUT2D eigenvalue weighted by Gasteiger charge is 2.57. The molecule has 4 fully saturated rings. The summed E-state index contributed by atoms with van der Waals surface area (Å²) in [5.74, 6) is 2.19. The topological polar surface area (TPSA) is 215 Å². The van der Waals surface area contributed by atoms with Gasteiger partial charge in [0.25, 0.3) is 0 Å². The Balaban J connectivity index is 1.09. The lowest BCUT2D eigenvalue weighted by Crippen LogP contribution is -2.60. The third kappa shape index (κ3) is 8.34. The summed E-state index contributed by atoms with van der Waals surface area (Å²) in [6.45, 7) is 13.9. The van der Waals surface area contributed by atoms with Crippen molar-refractivity contribution in [2.75, 3.05) is 106 Å². The van der Waals surface area contributed by atoms with Crippen LogP contribution in [0.15, 0.2) is 24.3 Å². The van der Waals surface area contributed by atoms with Gasteiger partial charge in [0.1, 0.15) is 0 Å². The van der Waals surface area contributed by atoms with Crippen molar-refractivity contribution >= 4 is 0 Å². The van der Waals surface area contributed by atoms with E-state index in [1.54, 1.807) is 0 Å². The first-order valence-corrected chi connectivity index (χ1v) is 19.7. The summed E-state index contributed by atoms with van der Waals surface area (Å²) in [4.78, 5) is 0. The Morgan fingerprint density at radius 2 is 0.667 bits per heavy atom. The van der Waals surface area contributed by atoms with Crippen LogP contribution in [0.4, 0.5) is 0 Å². The summed E-state index contributed by atoms with van der Waals surface area (Å²) in [5.41, 5.74) is 27.0. The van der Waals surface area contributed by atoms with Gasteiger partial charge in [0.2, 0.25) is 0 Å². The van der Waals surface area contributed by atoms with Gasteiger partial charge in [0, 0.05) is 5.41 Å². The molecule has 8 N–H and O–H groups in total. The second-order valence-corrected chi connectivity index (χ2v) is 18.8. The maximum atomic E-state index is 6.35. The second kappa shape index (κ2) is 15.3. The second-order valence-electron chi connectivity index (χ2n) is 18.8. The highest BCUT2D eigenvalue weighted by atomic mass is 16.7. The summed E-state index contributed by atoms with van der Waals surface area (Å²) in [5, 5.41) is 0. The van der Waals surface area contributed by atoms with E-state index in [1.807, 2.05) is 0 Å². The number of ether oxygens (including phenoxy) is 12. The van der Waals surface area contributed by atoms with Crippen molar-refractivity contribution < 1.29 is 56.8 Å². The molecule has 16 heteroatoms. The number of nitrogens with two attached hydrogens (primary N) is 4. The first-order chi connectivity index (χ1) is 27.0. The Hall–Kier alpha value is -2.84. The summed E-state index contributed by atoms with van der Waals surface area (Å²) in [6.07, 6.45) is 1.67. The van der Waals surface area contributed by atoms with E-state index in [4.69, 9.17) is 79.8 Å². The minimum absolute atomic E-state index is 0.00670. The quantitative estimate of drug-likeness (QED) is 0.111. The third-order valence-corrected chi connectivity index (χ3v) is 12.0. The zero-order valence-electron chi connectivity index (χ0n) is 33.7. The van der Waals surface area contributed by atoms with Crippen molar-refractivity contribution in [2.24, 2.45) is 22.9 Å². The fourth-order valence-electron chi connectivity index (χ4n) is 8.96. The van der Waals surface area contributed by atoms with E-state index in [1.165, 1.54) is 0 Å². The standard InChI is InChI=1S/C41H60N4O12/c1-35(2)9-41(29-7-33(56-25-52-21-39(44)15-48-16-39)31(5-27(29)35)54-23-50-19-37(42)11-46-12-37)10-36(3,4)28-6-32(55-24-51-20-38(43)13-47-14-38)34(8-30(28)41)57-26-53-22-40(45)17-49-18-40/h5-8H,9-26,42-45H2,1-4H3. The molecule has 2 aliphatic carbocycles. The predicted octanol–water partition coefficient (Wildman–Crippen LogP) is 1.66. The smallest absolute Gasteiger partial charge is 0.189 e. The van der Waals surface area contributed by atoms with E-state index < -0.39 is 27.6 Å². The van der Waals surface area contributed by atoms with Crippen LogP contribution in [0, 0.1) is 0 Å². The molecule has 0 atom stereocenters. The number of hydrogen-bond donors (Lipinski definition) is 4. The molecule has 2 aromatic carbocycles. The van der Waals surface area contributed by atoms with E-state index in [9.17, 15) is 0 Å². The van der Waals surface area contributed by atoms with Crippen molar-refractivity contribution in [1.29, 1.82) is 0 Å². The van der Waals surface area contributed by atoms with Crippen LogP contribution in [0.1, 0.15) is 62.8 Å². The molecule has 4 aliphatic heterocycles. The SMILES string of the molecule is CC1(C)CC2(CC(C)(C)c3cc(OCOCC4(N)COC4)c(OCOCC4(N)COC4)cc32)c2cc(OCOCC3(N)COC3)c(OCOCC3(N)COC3)cc21. The van der Waals surface area contributed by atoms with Gasteiger partial charge in [-0.2, -0.15) is 0 Å². The van der Waals surface area contributed by atoms with Gasteiger partial charge in [-0.25, -0.2) is 0 Å². The molecule has 1 spiro atoms. The van der Waals surface area contributed by atoms with Gasteiger partial charge in [-0.05, 0) is 70.2 Å². The van der Waals surface area contributed by atoms with Crippen LogP contribution in [-0.4, -0.2) is 129 Å². The molecule has 0 saturated carbocycles. The monoisotopic (exact) mass is 800 g/mol. The minimum Gasteiger partial charge on any atom is -0.464 e. The molecule has 0 amide bonds. The fourth-order valence-corrected chi connectivity index (χ4v) is 8.96. The highest BCUT2D eigenvalue weighted by molar-refractivity contribution is 5.65. The Bertz CT molecular complexity index is 1640. The number of benzene rings is 2. The lowest BCUT2D eigenvalue weighted by atomic mass is 9.72. The largest absolute Gasteiger partial charge is 0.464 e. The number of rotatable bonds is 20. The fraction of sp³-hybridized carbons (Fsp3) is 0.707. The summed E-state index contributed by atoms with van der Waals surface area (Å²) in [7, 11) is 0. The van der Waals surface area contributed by atoms with Crippen LogP contribution in [0.25, 0.3) is 0 Å². The van der Waals surface area contributed by atoms with Gasteiger partial charge in [-0.3, -0.25) is 0 Å². The first kappa shape index (κ1) is 40.9. The van der Waals surface area contributed by atoms with Gasteiger partial charge in [0.15, 0.2) is 50.2 Å². The summed E-state index contributed by atoms with van der Waals surface area (Å²) >= 11 is 0. The molecule has 0 aromatic heterocycles. The molecule has 16 nitrogen and oxygen atoms in total. The van der Waals surface area contributed by atoms with E-state index in [0.29, 0.717) is 102 Å². The minimum atomic E-state index is -0.514.